The molecule has 4 rings (SSSR count). The maximum Gasteiger partial charge on any atom is 0.270 e. The molecular formula is C20H19N3O4. The van der Waals surface area contributed by atoms with E-state index in [-0.39, 0.29) is 12.2 Å². The summed E-state index contributed by atoms with van der Waals surface area (Å²) in [6.07, 6.45) is 3.68. The molecule has 0 saturated carbocycles. The Morgan fingerprint density at radius 1 is 1.26 bits per heavy atom. The minimum atomic E-state index is -0.963. The normalized spacial score (nSPS) is 21.5. The van der Waals surface area contributed by atoms with Crippen LogP contribution < -0.4 is 15.4 Å². The molecule has 1 amide bonds. The average molecular weight is 365 g/mol. The number of non-ortho nitro benzene ring substituents is 1. The second kappa shape index (κ2) is 5.57. The van der Waals surface area contributed by atoms with Gasteiger partial charge in [-0.3, -0.25) is 14.9 Å². The van der Waals surface area contributed by atoms with E-state index in [0.29, 0.717) is 11.3 Å². The van der Waals surface area contributed by atoms with Crippen LogP contribution >= 0.6 is 0 Å². The first-order chi connectivity index (χ1) is 12.8. The minimum Gasteiger partial charge on any atom is -0.463 e. The minimum absolute atomic E-state index is 0.000843. The number of rotatable bonds is 3. The van der Waals surface area contributed by atoms with Gasteiger partial charge in [0.1, 0.15) is 12.3 Å². The summed E-state index contributed by atoms with van der Waals surface area (Å²) in [5.41, 5.74) is 6.62. The van der Waals surface area contributed by atoms with Gasteiger partial charge < -0.3 is 15.4 Å². The second-order valence-corrected chi connectivity index (χ2v) is 7.31. The Morgan fingerprint density at radius 2 is 2.00 bits per heavy atom. The fraction of sp³-hybridized carbons (Fsp3) is 0.250. The predicted octanol–water partition coefficient (Wildman–Crippen LogP) is 2.98. The third kappa shape index (κ3) is 2.31. The number of primary amides is 1. The van der Waals surface area contributed by atoms with Crippen LogP contribution in [0.2, 0.25) is 0 Å². The summed E-state index contributed by atoms with van der Waals surface area (Å²) in [7, 11) is 0. The van der Waals surface area contributed by atoms with Gasteiger partial charge in [0.2, 0.25) is 11.6 Å². The summed E-state index contributed by atoms with van der Waals surface area (Å²) in [4.78, 5) is 24.3. The standard InChI is InChI=1S/C20H19N3O4/c1-19(2)15-5-3-4-6-16(15)22(12-18(21)24)20(19)10-9-13-11-14(23(25)26)7-8-17(13)27-20/h3-11H,12H2,1-2H3,(H2,21,24). The number of ether oxygens (including phenoxy) is 1. The van der Waals surface area contributed by atoms with Gasteiger partial charge in [0.25, 0.3) is 5.69 Å². The molecule has 1 unspecified atom stereocenters. The van der Waals surface area contributed by atoms with E-state index in [1.54, 1.807) is 6.07 Å². The molecule has 7 nitrogen and oxygen atoms in total. The van der Waals surface area contributed by atoms with Crippen molar-refractivity contribution < 1.29 is 14.5 Å². The van der Waals surface area contributed by atoms with E-state index in [0.717, 1.165) is 11.3 Å². The van der Waals surface area contributed by atoms with Crippen LogP contribution in [0.25, 0.3) is 6.08 Å². The van der Waals surface area contributed by atoms with Crippen LogP contribution in [0.5, 0.6) is 5.75 Å². The first kappa shape index (κ1) is 17.1. The molecule has 2 aromatic carbocycles. The van der Waals surface area contributed by atoms with Crippen LogP contribution in [0.15, 0.2) is 48.5 Å². The van der Waals surface area contributed by atoms with Gasteiger partial charge in [-0.25, -0.2) is 0 Å². The lowest BCUT2D eigenvalue weighted by Gasteiger charge is -2.46. The maximum absolute atomic E-state index is 11.8. The van der Waals surface area contributed by atoms with E-state index in [1.165, 1.54) is 12.1 Å². The van der Waals surface area contributed by atoms with Crippen molar-refractivity contribution in [2.24, 2.45) is 5.73 Å². The number of fused-ring (bicyclic) bond motifs is 2. The molecule has 2 aliphatic rings. The van der Waals surface area contributed by atoms with Gasteiger partial charge >= 0.3 is 0 Å². The zero-order valence-corrected chi connectivity index (χ0v) is 15.0. The monoisotopic (exact) mass is 365 g/mol. The molecule has 27 heavy (non-hydrogen) atoms. The van der Waals surface area contributed by atoms with E-state index in [2.05, 4.69) is 0 Å². The predicted molar refractivity (Wildman–Crippen MR) is 101 cm³/mol. The van der Waals surface area contributed by atoms with E-state index in [4.69, 9.17) is 10.5 Å². The Labute approximate surface area is 156 Å². The van der Waals surface area contributed by atoms with Crippen molar-refractivity contribution in [3.63, 3.8) is 0 Å². The first-order valence-electron chi connectivity index (χ1n) is 8.58. The van der Waals surface area contributed by atoms with Crippen LogP contribution in [0.3, 0.4) is 0 Å². The van der Waals surface area contributed by atoms with E-state index in [9.17, 15) is 14.9 Å². The zero-order chi connectivity index (χ0) is 19.4. The topological polar surface area (TPSA) is 98.7 Å². The highest BCUT2D eigenvalue weighted by atomic mass is 16.6. The van der Waals surface area contributed by atoms with Gasteiger partial charge in [-0.1, -0.05) is 18.2 Å². The fourth-order valence-electron chi connectivity index (χ4n) is 4.06. The smallest absolute Gasteiger partial charge is 0.270 e. The van der Waals surface area contributed by atoms with Crippen molar-refractivity contribution in [3.05, 3.63) is 69.8 Å². The van der Waals surface area contributed by atoms with Gasteiger partial charge in [-0.05, 0) is 43.7 Å². The first-order valence-corrected chi connectivity index (χ1v) is 8.58. The van der Waals surface area contributed by atoms with Crippen LogP contribution in [0.1, 0.15) is 25.0 Å². The molecular weight excluding hydrogens is 346 g/mol. The molecule has 7 heteroatoms. The van der Waals surface area contributed by atoms with Crippen LogP contribution in [0.4, 0.5) is 11.4 Å². The summed E-state index contributed by atoms with van der Waals surface area (Å²) in [6.45, 7) is 4.09. The highest BCUT2D eigenvalue weighted by molar-refractivity contribution is 5.83. The lowest BCUT2D eigenvalue weighted by atomic mass is 9.76. The van der Waals surface area contributed by atoms with Gasteiger partial charge in [0.05, 0.1) is 10.3 Å². The van der Waals surface area contributed by atoms with Crippen molar-refractivity contribution in [3.8, 4) is 5.75 Å². The zero-order valence-electron chi connectivity index (χ0n) is 15.0. The number of hydrogen-bond acceptors (Lipinski definition) is 5. The molecule has 0 aliphatic carbocycles. The van der Waals surface area contributed by atoms with Crippen molar-refractivity contribution in [2.45, 2.75) is 25.0 Å². The number of amides is 1. The number of hydrogen-bond donors (Lipinski definition) is 1. The molecule has 0 fully saturated rings. The number of benzene rings is 2. The van der Waals surface area contributed by atoms with Gasteiger partial charge in [-0.2, -0.15) is 0 Å². The molecule has 138 valence electrons. The second-order valence-electron chi connectivity index (χ2n) is 7.31. The fourth-order valence-corrected chi connectivity index (χ4v) is 4.06. The van der Waals surface area contributed by atoms with Crippen LogP contribution in [-0.4, -0.2) is 23.1 Å². The molecule has 1 spiro atoms. The lowest BCUT2D eigenvalue weighted by Crippen LogP contribution is -2.61. The molecule has 0 aromatic heterocycles. The molecule has 2 N–H and O–H groups in total. The molecule has 1 atom stereocenters. The summed E-state index contributed by atoms with van der Waals surface area (Å²) in [5.74, 6) is 0.0619. The third-order valence-corrected chi connectivity index (χ3v) is 5.44. The van der Waals surface area contributed by atoms with Crippen LogP contribution in [0, 0.1) is 10.1 Å². The SMILES string of the molecule is CC1(C)c2ccccc2N(CC(N)=O)C12C=Cc1cc([N+](=O)[O-])ccc1O2. The quantitative estimate of drug-likeness (QED) is 0.666. The van der Waals surface area contributed by atoms with E-state index < -0.39 is 22.0 Å². The Bertz CT molecular complexity index is 998. The van der Waals surface area contributed by atoms with Crippen molar-refractivity contribution in [1.82, 2.24) is 0 Å². The molecule has 0 bridgehead atoms. The Balaban J connectivity index is 1.87. The van der Waals surface area contributed by atoms with E-state index in [1.807, 2.05) is 55.2 Å². The Morgan fingerprint density at radius 3 is 2.70 bits per heavy atom. The average Bonchev–Trinajstić information content (AvgIpc) is 2.80. The lowest BCUT2D eigenvalue weighted by molar-refractivity contribution is -0.384. The number of nitro benzene ring substituents is 1. The van der Waals surface area contributed by atoms with Crippen LogP contribution in [-0.2, 0) is 10.2 Å². The molecule has 2 aliphatic heterocycles. The number of nitrogens with two attached hydrogens (primary N) is 1. The molecule has 0 radical (unpaired) electrons. The van der Waals surface area contributed by atoms with Crippen molar-refractivity contribution >= 4 is 23.4 Å². The molecule has 0 saturated heterocycles. The highest BCUT2D eigenvalue weighted by Crippen LogP contribution is 2.54. The summed E-state index contributed by atoms with van der Waals surface area (Å²) in [6, 6.07) is 12.3. The van der Waals surface area contributed by atoms with Crippen molar-refractivity contribution in [1.29, 1.82) is 0 Å². The number of anilines is 1. The number of carbonyl (C=O) groups is 1. The van der Waals surface area contributed by atoms with E-state index >= 15 is 0 Å². The van der Waals surface area contributed by atoms with Gasteiger partial charge in [0.15, 0.2) is 0 Å². The number of para-hydroxylation sites is 1. The number of nitro groups is 1. The number of carbonyl (C=O) groups excluding carboxylic acids is 1. The van der Waals surface area contributed by atoms with Crippen molar-refractivity contribution in [2.75, 3.05) is 11.4 Å². The molecule has 2 heterocycles. The highest BCUT2D eigenvalue weighted by Gasteiger charge is 2.59. The maximum atomic E-state index is 11.8. The van der Waals surface area contributed by atoms with Gasteiger partial charge in [0, 0.05) is 23.4 Å². The summed E-state index contributed by atoms with van der Waals surface area (Å²) < 4.78 is 6.44. The van der Waals surface area contributed by atoms with Gasteiger partial charge in [-0.15, -0.1) is 0 Å². The third-order valence-electron chi connectivity index (χ3n) is 5.44. The Kier molecular flexibility index (Phi) is 3.53. The molecule has 2 aromatic rings. The summed E-state index contributed by atoms with van der Waals surface area (Å²) in [5, 5.41) is 11.0. The Hall–Kier alpha value is -3.35. The number of nitrogens with zero attached hydrogens (tertiary/aromatic N) is 2. The summed E-state index contributed by atoms with van der Waals surface area (Å²) >= 11 is 0. The largest absolute Gasteiger partial charge is 0.463 e.